The van der Waals surface area contributed by atoms with Crippen molar-refractivity contribution in [2.75, 3.05) is 31.2 Å². The number of rotatable bonds is 4. The SMILES string of the molecule is Cc1cc(C(=O)N2[C@@H](c3ccccc3Cl)CC[C@H]2C(=O)O)ccc1N1CCOCC1. The van der Waals surface area contributed by atoms with Gasteiger partial charge in [0.15, 0.2) is 0 Å². The van der Waals surface area contributed by atoms with Crippen molar-refractivity contribution in [1.82, 2.24) is 4.90 Å². The minimum absolute atomic E-state index is 0.276. The van der Waals surface area contributed by atoms with Gasteiger partial charge in [-0.3, -0.25) is 4.79 Å². The highest BCUT2D eigenvalue weighted by molar-refractivity contribution is 6.31. The number of aliphatic carboxylic acids is 1. The minimum atomic E-state index is -0.987. The summed E-state index contributed by atoms with van der Waals surface area (Å²) < 4.78 is 5.42. The molecule has 2 heterocycles. The zero-order valence-corrected chi connectivity index (χ0v) is 17.6. The van der Waals surface area contributed by atoms with Crippen molar-refractivity contribution in [2.24, 2.45) is 0 Å². The number of carbonyl (C=O) groups is 2. The zero-order chi connectivity index (χ0) is 21.3. The van der Waals surface area contributed by atoms with Crippen LogP contribution < -0.4 is 4.90 Å². The highest BCUT2D eigenvalue weighted by Crippen LogP contribution is 2.40. The number of benzene rings is 2. The van der Waals surface area contributed by atoms with E-state index in [1.54, 1.807) is 12.1 Å². The van der Waals surface area contributed by atoms with E-state index in [-0.39, 0.29) is 11.9 Å². The second-order valence-electron chi connectivity index (χ2n) is 7.78. The van der Waals surface area contributed by atoms with Crippen molar-refractivity contribution in [3.05, 3.63) is 64.2 Å². The van der Waals surface area contributed by atoms with E-state index in [4.69, 9.17) is 16.3 Å². The van der Waals surface area contributed by atoms with Crippen molar-refractivity contribution < 1.29 is 19.4 Å². The molecule has 2 aliphatic rings. The molecule has 2 saturated heterocycles. The van der Waals surface area contributed by atoms with Gasteiger partial charge in [-0.15, -0.1) is 0 Å². The molecule has 0 unspecified atom stereocenters. The van der Waals surface area contributed by atoms with Gasteiger partial charge < -0.3 is 19.6 Å². The van der Waals surface area contributed by atoms with Crippen molar-refractivity contribution >= 4 is 29.2 Å². The molecule has 2 aromatic rings. The monoisotopic (exact) mass is 428 g/mol. The van der Waals surface area contributed by atoms with Gasteiger partial charge in [0.25, 0.3) is 5.91 Å². The lowest BCUT2D eigenvalue weighted by atomic mass is 10.0. The molecule has 6 nitrogen and oxygen atoms in total. The van der Waals surface area contributed by atoms with Crippen LogP contribution in [0.2, 0.25) is 5.02 Å². The fourth-order valence-corrected chi connectivity index (χ4v) is 4.75. The number of hydrogen-bond acceptors (Lipinski definition) is 4. The minimum Gasteiger partial charge on any atom is -0.480 e. The third kappa shape index (κ3) is 3.89. The summed E-state index contributed by atoms with van der Waals surface area (Å²) in [4.78, 5) is 29.1. The molecule has 7 heteroatoms. The second kappa shape index (κ2) is 8.66. The number of amides is 1. The summed E-state index contributed by atoms with van der Waals surface area (Å²) in [7, 11) is 0. The predicted molar refractivity (Wildman–Crippen MR) is 115 cm³/mol. The highest BCUT2D eigenvalue weighted by atomic mass is 35.5. The molecule has 0 spiro atoms. The molecule has 4 rings (SSSR count). The van der Waals surface area contributed by atoms with Crippen molar-refractivity contribution in [2.45, 2.75) is 31.8 Å². The molecule has 158 valence electrons. The van der Waals surface area contributed by atoms with Gasteiger partial charge in [-0.05, 0) is 55.2 Å². The van der Waals surface area contributed by atoms with E-state index >= 15 is 0 Å². The maximum atomic E-state index is 13.5. The number of aryl methyl sites for hydroxylation is 1. The van der Waals surface area contributed by atoms with E-state index in [0.29, 0.717) is 36.6 Å². The normalized spacial score (nSPS) is 21.7. The van der Waals surface area contributed by atoms with Gasteiger partial charge in [-0.2, -0.15) is 0 Å². The van der Waals surface area contributed by atoms with Gasteiger partial charge in [-0.1, -0.05) is 29.8 Å². The Bertz CT molecular complexity index is 958. The number of hydrogen-bond donors (Lipinski definition) is 1. The van der Waals surface area contributed by atoms with E-state index in [1.807, 2.05) is 37.3 Å². The molecular formula is C23H25ClN2O4. The third-order valence-corrected chi connectivity index (χ3v) is 6.31. The van der Waals surface area contributed by atoms with Crippen molar-refractivity contribution in [3.8, 4) is 0 Å². The van der Waals surface area contributed by atoms with Crippen molar-refractivity contribution in [3.63, 3.8) is 0 Å². The van der Waals surface area contributed by atoms with Crippen LogP contribution >= 0.6 is 11.6 Å². The Morgan fingerprint density at radius 3 is 2.50 bits per heavy atom. The predicted octanol–water partition coefficient (Wildman–Crippen LogP) is 3.92. The fraction of sp³-hybridized carbons (Fsp3) is 0.391. The smallest absolute Gasteiger partial charge is 0.326 e. The first kappa shape index (κ1) is 20.7. The fourth-order valence-electron chi connectivity index (χ4n) is 4.48. The van der Waals surface area contributed by atoms with Crippen molar-refractivity contribution in [1.29, 1.82) is 0 Å². The number of anilines is 1. The first-order chi connectivity index (χ1) is 14.5. The standard InChI is InChI=1S/C23H25ClN2O4/c1-15-14-16(6-7-19(15)25-10-12-30-13-11-25)22(27)26-20(8-9-21(26)23(28)29)17-4-2-3-5-18(17)24/h2-7,14,20-21H,8-13H2,1H3,(H,28,29)/t20-,21+/m1/s1. The Labute approximate surface area is 181 Å². The number of carbonyl (C=O) groups excluding carboxylic acids is 1. The number of nitrogens with zero attached hydrogens (tertiary/aromatic N) is 2. The summed E-state index contributed by atoms with van der Waals surface area (Å²) in [6.45, 7) is 4.99. The molecule has 2 fully saturated rings. The molecule has 2 aromatic carbocycles. The summed E-state index contributed by atoms with van der Waals surface area (Å²) in [5.41, 5.74) is 3.35. The topological polar surface area (TPSA) is 70.1 Å². The number of morpholine rings is 1. The lowest BCUT2D eigenvalue weighted by molar-refractivity contribution is -0.141. The maximum Gasteiger partial charge on any atom is 0.326 e. The van der Waals surface area contributed by atoms with Gasteiger partial charge in [0.05, 0.1) is 19.3 Å². The van der Waals surface area contributed by atoms with Gasteiger partial charge in [0.2, 0.25) is 0 Å². The quantitative estimate of drug-likeness (QED) is 0.799. The summed E-state index contributed by atoms with van der Waals surface area (Å²) in [6, 6.07) is 11.7. The number of halogens is 1. The summed E-state index contributed by atoms with van der Waals surface area (Å²) >= 11 is 6.38. The Hall–Kier alpha value is -2.57. The van der Waals surface area contributed by atoms with Crippen LogP contribution in [0.15, 0.2) is 42.5 Å². The molecule has 0 aromatic heterocycles. The number of carboxylic acid groups (broad SMARTS) is 1. The second-order valence-corrected chi connectivity index (χ2v) is 8.19. The van der Waals surface area contributed by atoms with Gasteiger partial charge in [-0.25, -0.2) is 4.79 Å². The molecule has 0 bridgehead atoms. The van der Waals surface area contributed by atoms with Gasteiger partial charge >= 0.3 is 5.97 Å². The molecule has 1 N–H and O–H groups in total. The maximum absolute atomic E-state index is 13.5. The third-order valence-electron chi connectivity index (χ3n) is 5.96. The van der Waals surface area contributed by atoms with Crippen LogP contribution in [-0.4, -0.2) is 54.2 Å². The molecule has 1 amide bonds. The average Bonchev–Trinajstić information content (AvgIpc) is 3.19. The molecule has 0 aliphatic carbocycles. The average molecular weight is 429 g/mol. The van der Waals surface area contributed by atoms with E-state index in [9.17, 15) is 14.7 Å². The summed E-state index contributed by atoms with van der Waals surface area (Å²) in [5.74, 6) is -1.26. The van der Waals surface area contributed by atoms with E-state index in [0.717, 1.165) is 29.9 Å². The molecule has 2 aliphatic heterocycles. The first-order valence-electron chi connectivity index (χ1n) is 10.2. The van der Waals surface area contributed by atoms with Crippen LogP contribution in [0.4, 0.5) is 5.69 Å². The van der Waals surface area contributed by atoms with Crippen LogP contribution in [0.3, 0.4) is 0 Å². The lowest BCUT2D eigenvalue weighted by Gasteiger charge is -2.31. The van der Waals surface area contributed by atoms with E-state index in [2.05, 4.69) is 4.90 Å². The summed E-state index contributed by atoms with van der Waals surface area (Å²) in [6.07, 6.45) is 0.971. The number of ether oxygens (including phenoxy) is 1. The molecule has 0 radical (unpaired) electrons. The molecule has 0 saturated carbocycles. The van der Waals surface area contributed by atoms with Gasteiger partial charge in [0, 0.05) is 29.4 Å². The first-order valence-corrected chi connectivity index (χ1v) is 10.6. The van der Waals surface area contributed by atoms with E-state index < -0.39 is 12.0 Å². The Morgan fingerprint density at radius 2 is 1.83 bits per heavy atom. The van der Waals surface area contributed by atoms with E-state index in [1.165, 1.54) is 4.90 Å². The van der Waals surface area contributed by atoms with Gasteiger partial charge in [0.1, 0.15) is 6.04 Å². The van der Waals surface area contributed by atoms with Crippen LogP contribution in [0.5, 0.6) is 0 Å². The Balaban J connectivity index is 1.65. The highest BCUT2D eigenvalue weighted by Gasteiger charge is 2.42. The largest absolute Gasteiger partial charge is 0.480 e. The lowest BCUT2D eigenvalue weighted by Crippen LogP contribution is -2.42. The number of likely N-dealkylation sites (tertiary alicyclic amines) is 1. The Morgan fingerprint density at radius 1 is 1.10 bits per heavy atom. The van der Waals surface area contributed by atoms with Crippen LogP contribution in [-0.2, 0) is 9.53 Å². The molecule has 30 heavy (non-hydrogen) atoms. The molecular weight excluding hydrogens is 404 g/mol. The zero-order valence-electron chi connectivity index (χ0n) is 16.9. The van der Waals surface area contributed by atoms with Crippen LogP contribution in [0, 0.1) is 6.92 Å². The van der Waals surface area contributed by atoms with Crippen LogP contribution in [0.25, 0.3) is 0 Å². The van der Waals surface area contributed by atoms with Crippen LogP contribution in [0.1, 0.15) is 40.4 Å². The number of carboxylic acids is 1. The molecule has 2 atom stereocenters. The summed E-state index contributed by atoms with van der Waals surface area (Å²) in [5, 5.41) is 10.3. The Kier molecular flexibility index (Phi) is 5.97.